The lowest BCUT2D eigenvalue weighted by atomic mass is 10.1. The van der Waals surface area contributed by atoms with Crippen LogP contribution in [0.3, 0.4) is 0 Å². The number of benzene rings is 2. The van der Waals surface area contributed by atoms with Crippen molar-refractivity contribution in [2.45, 2.75) is 13.0 Å². The van der Waals surface area contributed by atoms with E-state index in [9.17, 15) is 14.9 Å². The number of hydrogen-bond acceptors (Lipinski definition) is 6. The highest BCUT2D eigenvalue weighted by molar-refractivity contribution is 6.30. The average Bonchev–Trinajstić information content (AvgIpc) is 2.73. The second-order valence-corrected chi connectivity index (χ2v) is 7.17. The number of hydrogen-bond donors (Lipinski definition) is 1. The average molecular weight is 414 g/mol. The van der Waals surface area contributed by atoms with Gasteiger partial charge in [-0.3, -0.25) is 19.8 Å². The molecule has 1 heterocycles. The molecule has 2 aromatic carbocycles. The third-order valence-electron chi connectivity index (χ3n) is 5.02. The Bertz CT molecular complexity index is 967. The fourth-order valence-electron chi connectivity index (χ4n) is 3.35. The fourth-order valence-corrected chi connectivity index (χ4v) is 3.52. The zero-order chi connectivity index (χ0) is 21.0. The number of rotatable bonds is 5. The van der Waals surface area contributed by atoms with Gasteiger partial charge in [0.2, 0.25) is 5.91 Å². The number of nitro benzene ring substituents is 1. The molecule has 1 N–H and O–H groups in total. The van der Waals surface area contributed by atoms with Gasteiger partial charge in [0.1, 0.15) is 11.8 Å². The number of carbonyl (C=O) groups excluding carboxylic acids is 1. The Balaban J connectivity index is 1.64. The zero-order valence-electron chi connectivity index (χ0n) is 15.8. The van der Waals surface area contributed by atoms with Crippen LogP contribution in [-0.4, -0.2) is 48.0 Å². The SMILES string of the molecule is CC(C(=O)Nc1ccccc1C#N)N1CCN(c2ccc(Cl)cc2[N+](=O)[O-])CC1. The largest absolute Gasteiger partial charge is 0.363 e. The van der Waals surface area contributed by atoms with E-state index in [0.717, 1.165) is 0 Å². The summed E-state index contributed by atoms with van der Waals surface area (Å²) in [6.07, 6.45) is 0. The van der Waals surface area contributed by atoms with Crippen molar-refractivity contribution in [1.82, 2.24) is 4.90 Å². The molecular formula is C20H20ClN5O3. The van der Waals surface area contributed by atoms with Crippen molar-refractivity contribution in [3.8, 4) is 6.07 Å². The molecule has 29 heavy (non-hydrogen) atoms. The van der Waals surface area contributed by atoms with Crippen molar-refractivity contribution >= 4 is 34.6 Å². The van der Waals surface area contributed by atoms with Crippen LogP contribution in [0.1, 0.15) is 12.5 Å². The Labute approximate surface area is 173 Å². The van der Waals surface area contributed by atoms with Crippen molar-refractivity contribution in [3.63, 3.8) is 0 Å². The molecule has 0 aromatic heterocycles. The summed E-state index contributed by atoms with van der Waals surface area (Å²) < 4.78 is 0. The molecule has 0 aliphatic carbocycles. The van der Waals surface area contributed by atoms with Crippen LogP contribution in [0.5, 0.6) is 0 Å². The molecule has 0 bridgehead atoms. The van der Waals surface area contributed by atoms with Gasteiger partial charge in [0.15, 0.2) is 0 Å². The van der Waals surface area contributed by atoms with Crippen molar-refractivity contribution in [2.24, 2.45) is 0 Å². The third-order valence-corrected chi connectivity index (χ3v) is 5.26. The van der Waals surface area contributed by atoms with Crippen LogP contribution in [0.2, 0.25) is 5.02 Å². The van der Waals surface area contributed by atoms with Gasteiger partial charge < -0.3 is 10.2 Å². The van der Waals surface area contributed by atoms with E-state index in [1.807, 2.05) is 16.7 Å². The lowest BCUT2D eigenvalue weighted by molar-refractivity contribution is -0.384. The van der Waals surface area contributed by atoms with Crippen LogP contribution in [-0.2, 0) is 4.79 Å². The lowest BCUT2D eigenvalue weighted by Crippen LogP contribution is -2.53. The summed E-state index contributed by atoms with van der Waals surface area (Å²) in [6.45, 7) is 4.07. The quantitative estimate of drug-likeness (QED) is 0.596. The molecule has 1 atom stereocenters. The molecule has 1 saturated heterocycles. The predicted molar refractivity (Wildman–Crippen MR) is 111 cm³/mol. The van der Waals surface area contributed by atoms with E-state index in [2.05, 4.69) is 11.4 Å². The molecule has 8 nitrogen and oxygen atoms in total. The number of piperazine rings is 1. The summed E-state index contributed by atoms with van der Waals surface area (Å²) in [5, 5.41) is 23.6. The second-order valence-electron chi connectivity index (χ2n) is 6.74. The van der Waals surface area contributed by atoms with Gasteiger partial charge >= 0.3 is 0 Å². The number of halogens is 1. The van der Waals surface area contributed by atoms with E-state index in [0.29, 0.717) is 48.1 Å². The Morgan fingerprint density at radius 3 is 2.59 bits per heavy atom. The number of amides is 1. The predicted octanol–water partition coefficient (Wildman–Crippen LogP) is 3.27. The minimum atomic E-state index is -0.434. The lowest BCUT2D eigenvalue weighted by Gasteiger charge is -2.38. The maximum absolute atomic E-state index is 12.6. The molecule has 0 saturated carbocycles. The van der Waals surface area contributed by atoms with E-state index in [4.69, 9.17) is 16.9 Å². The first kappa shape index (κ1) is 20.6. The number of nitrogens with one attached hydrogen (secondary N) is 1. The van der Waals surface area contributed by atoms with Crippen molar-refractivity contribution < 1.29 is 9.72 Å². The van der Waals surface area contributed by atoms with E-state index >= 15 is 0 Å². The number of nitriles is 1. The first-order valence-corrected chi connectivity index (χ1v) is 9.51. The number of nitrogens with zero attached hydrogens (tertiary/aromatic N) is 4. The maximum Gasteiger partial charge on any atom is 0.294 e. The van der Waals surface area contributed by atoms with Crippen LogP contribution >= 0.6 is 11.6 Å². The van der Waals surface area contributed by atoms with Crippen LogP contribution < -0.4 is 10.2 Å². The highest BCUT2D eigenvalue weighted by atomic mass is 35.5. The first-order valence-electron chi connectivity index (χ1n) is 9.13. The molecule has 0 radical (unpaired) electrons. The minimum Gasteiger partial charge on any atom is -0.363 e. The molecule has 150 valence electrons. The Morgan fingerprint density at radius 2 is 1.93 bits per heavy atom. The second kappa shape index (κ2) is 8.90. The number of para-hydroxylation sites is 1. The van der Waals surface area contributed by atoms with Crippen molar-refractivity contribution in [1.29, 1.82) is 5.26 Å². The molecule has 0 spiro atoms. The molecule has 1 unspecified atom stereocenters. The van der Waals surface area contributed by atoms with Gasteiger partial charge in [-0.25, -0.2) is 0 Å². The van der Waals surface area contributed by atoms with Gasteiger partial charge in [0.25, 0.3) is 5.69 Å². The van der Waals surface area contributed by atoms with E-state index in [-0.39, 0.29) is 11.6 Å². The number of carbonyl (C=O) groups is 1. The summed E-state index contributed by atoms with van der Waals surface area (Å²) in [4.78, 5) is 27.5. The van der Waals surface area contributed by atoms with E-state index in [1.54, 1.807) is 36.4 Å². The minimum absolute atomic E-state index is 0.0233. The Hall–Kier alpha value is -3.15. The molecule has 1 aliphatic heterocycles. The summed E-state index contributed by atoms with van der Waals surface area (Å²) >= 11 is 5.89. The van der Waals surface area contributed by atoms with Crippen molar-refractivity contribution in [3.05, 3.63) is 63.2 Å². The summed E-state index contributed by atoms with van der Waals surface area (Å²) in [5.74, 6) is -0.196. The molecular weight excluding hydrogens is 394 g/mol. The van der Waals surface area contributed by atoms with Gasteiger partial charge in [-0.1, -0.05) is 23.7 Å². The maximum atomic E-state index is 12.6. The van der Waals surface area contributed by atoms with Crippen LogP contribution in [0.15, 0.2) is 42.5 Å². The summed E-state index contributed by atoms with van der Waals surface area (Å²) in [5.41, 5.74) is 1.40. The zero-order valence-corrected chi connectivity index (χ0v) is 16.6. The summed E-state index contributed by atoms with van der Waals surface area (Å²) in [6, 6.07) is 13.2. The Kier molecular flexibility index (Phi) is 6.32. The number of nitro groups is 1. The molecule has 2 aromatic rings. The topological polar surface area (TPSA) is 103 Å². The van der Waals surface area contributed by atoms with Crippen LogP contribution in [0.4, 0.5) is 17.1 Å². The fraction of sp³-hybridized carbons (Fsp3) is 0.300. The molecule has 1 amide bonds. The van der Waals surface area contributed by atoms with Gasteiger partial charge in [-0.05, 0) is 31.2 Å². The van der Waals surface area contributed by atoms with Gasteiger partial charge in [0, 0.05) is 37.3 Å². The highest BCUT2D eigenvalue weighted by Gasteiger charge is 2.28. The monoisotopic (exact) mass is 413 g/mol. The molecule has 1 fully saturated rings. The van der Waals surface area contributed by atoms with Crippen molar-refractivity contribution in [2.75, 3.05) is 36.4 Å². The summed E-state index contributed by atoms with van der Waals surface area (Å²) in [7, 11) is 0. The Morgan fingerprint density at radius 1 is 1.24 bits per heavy atom. The standard InChI is InChI=1S/C20H20ClN5O3/c1-14(20(27)23-17-5-3-2-4-15(17)13-22)24-8-10-25(11-9-24)18-7-6-16(21)12-19(18)26(28)29/h2-7,12,14H,8-11H2,1H3,(H,23,27). The van der Waals surface area contributed by atoms with Gasteiger partial charge in [-0.2, -0.15) is 5.26 Å². The van der Waals surface area contributed by atoms with E-state index in [1.165, 1.54) is 6.07 Å². The third kappa shape index (κ3) is 4.65. The van der Waals surface area contributed by atoms with E-state index < -0.39 is 11.0 Å². The first-order chi connectivity index (χ1) is 13.9. The normalized spacial score (nSPS) is 15.4. The highest BCUT2D eigenvalue weighted by Crippen LogP contribution is 2.31. The molecule has 1 aliphatic rings. The molecule has 9 heteroatoms. The van der Waals surface area contributed by atoms with Gasteiger partial charge in [-0.15, -0.1) is 0 Å². The van der Waals surface area contributed by atoms with Crippen LogP contribution in [0, 0.1) is 21.4 Å². The number of anilines is 2. The molecule has 3 rings (SSSR count). The smallest absolute Gasteiger partial charge is 0.294 e. The van der Waals surface area contributed by atoms with Gasteiger partial charge in [0.05, 0.1) is 22.2 Å². The van der Waals surface area contributed by atoms with Crippen LogP contribution in [0.25, 0.3) is 0 Å².